The topological polar surface area (TPSA) is 46.3 Å². The predicted octanol–water partition coefficient (Wildman–Crippen LogP) is 2.96. The zero-order valence-electron chi connectivity index (χ0n) is 10.8. The van der Waals surface area contributed by atoms with Gasteiger partial charge in [-0.15, -0.1) is 0 Å². The van der Waals surface area contributed by atoms with Crippen LogP contribution in [0.4, 0.5) is 5.69 Å². The minimum Gasteiger partial charge on any atom is -0.361 e. The molecule has 0 N–H and O–H groups in total. The van der Waals surface area contributed by atoms with Crippen LogP contribution in [0.5, 0.6) is 0 Å². The zero-order valence-corrected chi connectivity index (χ0v) is 10.8. The molecule has 0 radical (unpaired) electrons. The number of hydrogen-bond donors (Lipinski definition) is 0. The molecule has 2 rings (SSSR count). The third kappa shape index (κ3) is 2.27. The first-order chi connectivity index (χ1) is 8.63. The van der Waals surface area contributed by atoms with E-state index >= 15 is 0 Å². The van der Waals surface area contributed by atoms with E-state index in [0.29, 0.717) is 17.9 Å². The van der Waals surface area contributed by atoms with Crippen molar-refractivity contribution in [1.29, 1.82) is 0 Å². The first-order valence-electron chi connectivity index (χ1n) is 5.93. The van der Waals surface area contributed by atoms with E-state index in [1.54, 1.807) is 11.8 Å². The van der Waals surface area contributed by atoms with E-state index in [2.05, 4.69) is 5.16 Å². The van der Waals surface area contributed by atoms with Crippen molar-refractivity contribution in [3.63, 3.8) is 0 Å². The highest BCUT2D eigenvalue weighted by molar-refractivity contribution is 6.06. The lowest BCUT2D eigenvalue weighted by Gasteiger charge is -2.20. The monoisotopic (exact) mass is 244 g/mol. The van der Waals surface area contributed by atoms with E-state index in [1.165, 1.54) is 6.20 Å². The Balaban J connectivity index is 2.35. The molecule has 0 bridgehead atoms. The molecule has 4 nitrogen and oxygen atoms in total. The van der Waals surface area contributed by atoms with Gasteiger partial charge in [-0.2, -0.15) is 0 Å². The van der Waals surface area contributed by atoms with Gasteiger partial charge in [0.05, 0.1) is 6.20 Å². The number of aromatic nitrogens is 1. The van der Waals surface area contributed by atoms with Crippen molar-refractivity contribution in [2.75, 3.05) is 11.4 Å². The van der Waals surface area contributed by atoms with Crippen molar-refractivity contribution in [2.45, 2.75) is 20.8 Å². The van der Waals surface area contributed by atoms with Crippen molar-refractivity contribution in [2.24, 2.45) is 0 Å². The van der Waals surface area contributed by atoms with Gasteiger partial charge in [0.1, 0.15) is 11.3 Å². The molecule has 1 aromatic heterocycles. The maximum atomic E-state index is 12.4. The molecule has 0 aliphatic rings. The number of carbonyl (C=O) groups is 1. The number of amides is 1. The summed E-state index contributed by atoms with van der Waals surface area (Å²) in [6, 6.07) is 7.87. The van der Waals surface area contributed by atoms with E-state index in [0.717, 1.165) is 11.3 Å². The summed E-state index contributed by atoms with van der Waals surface area (Å²) in [5, 5.41) is 3.65. The molecule has 0 aliphatic carbocycles. The number of aryl methyl sites for hydroxylation is 2. The van der Waals surface area contributed by atoms with Gasteiger partial charge in [0.15, 0.2) is 0 Å². The second-order valence-corrected chi connectivity index (χ2v) is 4.18. The van der Waals surface area contributed by atoms with Crippen LogP contribution in [0.15, 0.2) is 35.0 Å². The van der Waals surface area contributed by atoms with Crippen molar-refractivity contribution < 1.29 is 9.32 Å². The normalized spacial score (nSPS) is 10.4. The molecule has 0 saturated carbocycles. The van der Waals surface area contributed by atoms with Gasteiger partial charge in [0.2, 0.25) is 0 Å². The molecule has 4 heteroatoms. The lowest BCUT2D eigenvalue weighted by atomic mass is 10.1. The van der Waals surface area contributed by atoms with Crippen LogP contribution in [0.3, 0.4) is 0 Å². The van der Waals surface area contributed by atoms with E-state index in [4.69, 9.17) is 4.52 Å². The molecule has 0 saturated heterocycles. The molecule has 94 valence electrons. The smallest absolute Gasteiger partial charge is 0.263 e. The van der Waals surface area contributed by atoms with Crippen LogP contribution >= 0.6 is 0 Å². The molecule has 1 heterocycles. The lowest BCUT2D eigenvalue weighted by Crippen LogP contribution is -2.30. The van der Waals surface area contributed by atoms with Crippen LogP contribution in [0, 0.1) is 13.8 Å². The van der Waals surface area contributed by atoms with E-state index in [9.17, 15) is 4.79 Å². The Kier molecular flexibility index (Phi) is 3.46. The Labute approximate surface area is 106 Å². The van der Waals surface area contributed by atoms with Gasteiger partial charge in [-0.3, -0.25) is 4.79 Å². The summed E-state index contributed by atoms with van der Waals surface area (Å²) in [5.41, 5.74) is 2.53. The maximum Gasteiger partial charge on any atom is 0.263 e. The molecule has 0 spiro atoms. The predicted molar refractivity (Wildman–Crippen MR) is 69.8 cm³/mol. The third-order valence-electron chi connectivity index (χ3n) is 2.86. The van der Waals surface area contributed by atoms with Gasteiger partial charge in [-0.25, -0.2) is 0 Å². The highest BCUT2D eigenvalue weighted by atomic mass is 16.5. The first kappa shape index (κ1) is 12.4. The summed E-state index contributed by atoms with van der Waals surface area (Å²) < 4.78 is 4.94. The molecule has 0 aliphatic heterocycles. The number of benzene rings is 1. The Morgan fingerprint density at radius 2 is 2.17 bits per heavy atom. The molecular weight excluding hydrogens is 228 g/mol. The number of nitrogens with zero attached hydrogens (tertiary/aromatic N) is 2. The lowest BCUT2D eigenvalue weighted by molar-refractivity contribution is 0.0987. The zero-order chi connectivity index (χ0) is 13.1. The second kappa shape index (κ2) is 5.04. The Hall–Kier alpha value is -2.10. The summed E-state index contributed by atoms with van der Waals surface area (Å²) in [5.74, 6) is 0.466. The molecule has 1 aromatic carbocycles. The van der Waals surface area contributed by atoms with Crippen molar-refractivity contribution in [3.05, 3.63) is 47.3 Å². The van der Waals surface area contributed by atoms with E-state index in [1.807, 2.05) is 38.1 Å². The first-order valence-corrected chi connectivity index (χ1v) is 5.93. The number of anilines is 1. The molecule has 2 aromatic rings. The average molecular weight is 244 g/mol. The number of carbonyl (C=O) groups excluding carboxylic acids is 1. The van der Waals surface area contributed by atoms with Crippen LogP contribution in [-0.2, 0) is 0 Å². The van der Waals surface area contributed by atoms with Gasteiger partial charge in [-0.1, -0.05) is 17.3 Å². The summed E-state index contributed by atoms with van der Waals surface area (Å²) >= 11 is 0. The van der Waals surface area contributed by atoms with Crippen LogP contribution in [-0.4, -0.2) is 17.6 Å². The Morgan fingerprint density at radius 3 is 2.72 bits per heavy atom. The van der Waals surface area contributed by atoms with Crippen molar-refractivity contribution in [3.8, 4) is 0 Å². The summed E-state index contributed by atoms with van der Waals surface area (Å²) in [7, 11) is 0. The minimum atomic E-state index is -0.0816. The fraction of sp³-hybridized carbons (Fsp3) is 0.286. The van der Waals surface area contributed by atoms with E-state index in [-0.39, 0.29) is 5.91 Å². The molecule has 0 unspecified atom stereocenters. The number of rotatable bonds is 3. The molecule has 0 fully saturated rings. The average Bonchev–Trinajstić information content (AvgIpc) is 2.76. The standard InChI is InChI=1S/C14H16N2O2/c1-4-16(12-7-5-6-10(2)8-12)14(17)13-9-15-18-11(13)3/h5-9H,4H2,1-3H3. The van der Waals surface area contributed by atoms with Crippen LogP contribution in [0.1, 0.15) is 28.6 Å². The number of hydrogen-bond acceptors (Lipinski definition) is 3. The summed E-state index contributed by atoms with van der Waals surface area (Å²) in [6.07, 6.45) is 1.47. The Morgan fingerprint density at radius 1 is 1.39 bits per heavy atom. The fourth-order valence-corrected chi connectivity index (χ4v) is 1.89. The van der Waals surface area contributed by atoms with Crippen LogP contribution < -0.4 is 4.90 Å². The van der Waals surface area contributed by atoms with Gasteiger partial charge in [0, 0.05) is 12.2 Å². The van der Waals surface area contributed by atoms with Crippen LogP contribution in [0.25, 0.3) is 0 Å². The fourth-order valence-electron chi connectivity index (χ4n) is 1.89. The van der Waals surface area contributed by atoms with Gasteiger partial charge in [-0.05, 0) is 38.5 Å². The summed E-state index contributed by atoms with van der Waals surface area (Å²) in [6.45, 7) is 6.30. The molecule has 18 heavy (non-hydrogen) atoms. The minimum absolute atomic E-state index is 0.0816. The van der Waals surface area contributed by atoms with Crippen LogP contribution in [0.2, 0.25) is 0 Å². The van der Waals surface area contributed by atoms with Gasteiger partial charge < -0.3 is 9.42 Å². The summed E-state index contributed by atoms with van der Waals surface area (Å²) in [4.78, 5) is 14.1. The SMILES string of the molecule is CCN(C(=O)c1cnoc1C)c1cccc(C)c1. The van der Waals surface area contributed by atoms with Crippen molar-refractivity contribution >= 4 is 11.6 Å². The maximum absolute atomic E-state index is 12.4. The molecule has 0 atom stereocenters. The Bertz CT molecular complexity index is 560. The highest BCUT2D eigenvalue weighted by Crippen LogP contribution is 2.19. The second-order valence-electron chi connectivity index (χ2n) is 4.18. The molecule has 1 amide bonds. The quantitative estimate of drug-likeness (QED) is 0.833. The van der Waals surface area contributed by atoms with Gasteiger partial charge >= 0.3 is 0 Å². The largest absolute Gasteiger partial charge is 0.361 e. The van der Waals surface area contributed by atoms with Crippen molar-refractivity contribution in [1.82, 2.24) is 5.16 Å². The highest BCUT2D eigenvalue weighted by Gasteiger charge is 2.20. The van der Waals surface area contributed by atoms with Gasteiger partial charge in [0.25, 0.3) is 5.91 Å². The van der Waals surface area contributed by atoms with E-state index < -0.39 is 0 Å². The molecular formula is C14H16N2O2. The third-order valence-corrected chi connectivity index (χ3v) is 2.86.